The van der Waals surface area contributed by atoms with Gasteiger partial charge in [-0.05, 0) is 42.0 Å². The fourth-order valence-corrected chi connectivity index (χ4v) is 4.91. The van der Waals surface area contributed by atoms with E-state index in [2.05, 4.69) is 34.9 Å². The number of carboxylic acid groups (broad SMARTS) is 1. The summed E-state index contributed by atoms with van der Waals surface area (Å²) in [6.45, 7) is 2.67. The van der Waals surface area contributed by atoms with Crippen LogP contribution in [0.1, 0.15) is 49.7 Å². The quantitative estimate of drug-likeness (QED) is 0.549. The molecule has 1 aliphatic heterocycles. The monoisotopic (exact) mass is 466 g/mol. The number of rotatable bonds is 8. The van der Waals surface area contributed by atoms with Crippen LogP contribution >= 0.6 is 0 Å². The van der Waals surface area contributed by atoms with Gasteiger partial charge in [0.25, 0.3) is 0 Å². The van der Waals surface area contributed by atoms with E-state index in [9.17, 15) is 14.4 Å². The first-order valence-corrected chi connectivity index (χ1v) is 11.6. The smallest absolute Gasteiger partial charge is 0.407 e. The molecule has 2 aliphatic rings. The summed E-state index contributed by atoms with van der Waals surface area (Å²) in [5, 5.41) is 14.6. The Hall–Kier alpha value is -3.39. The Kier molecular flexibility index (Phi) is 7.17. The van der Waals surface area contributed by atoms with Crippen molar-refractivity contribution in [3.63, 3.8) is 0 Å². The molecule has 1 unspecified atom stereocenters. The number of hydrogen-bond donors (Lipinski definition) is 3. The molecular weight excluding hydrogens is 436 g/mol. The Balaban J connectivity index is 1.40. The standard InChI is InChI=1S/C26H30N2O6/c1-17(14-24(30)31)27-23(29)15-26(10-12-33-13-11-26)28-25(32)34-16-22-20-8-4-2-6-18(20)19-7-3-5-9-21(19)22/h2-9,17,22H,10-16H2,1H3,(H,27,29)(H,28,32)(H,30,31). The summed E-state index contributed by atoms with van der Waals surface area (Å²) in [5.41, 5.74) is 3.77. The van der Waals surface area contributed by atoms with Gasteiger partial charge in [0.15, 0.2) is 0 Å². The number of carboxylic acids is 1. The molecule has 8 heteroatoms. The number of amides is 2. The molecular formula is C26H30N2O6. The second kappa shape index (κ2) is 10.3. The van der Waals surface area contributed by atoms with Crippen molar-refractivity contribution in [3.05, 3.63) is 59.7 Å². The second-order valence-corrected chi connectivity index (χ2v) is 9.09. The second-order valence-electron chi connectivity index (χ2n) is 9.09. The Morgan fingerprint density at radius 2 is 1.65 bits per heavy atom. The van der Waals surface area contributed by atoms with Crippen LogP contribution in [0.25, 0.3) is 11.1 Å². The van der Waals surface area contributed by atoms with E-state index < -0.39 is 23.6 Å². The summed E-state index contributed by atoms with van der Waals surface area (Å²) in [6, 6.07) is 15.7. The molecule has 34 heavy (non-hydrogen) atoms. The summed E-state index contributed by atoms with van der Waals surface area (Å²) in [4.78, 5) is 36.3. The van der Waals surface area contributed by atoms with Gasteiger partial charge in [0.1, 0.15) is 6.61 Å². The highest BCUT2D eigenvalue weighted by Gasteiger charge is 2.38. The first-order chi connectivity index (χ1) is 16.4. The minimum atomic E-state index is -0.981. The Morgan fingerprint density at radius 3 is 2.24 bits per heavy atom. The predicted octanol–water partition coefficient (Wildman–Crippen LogP) is 3.44. The van der Waals surface area contributed by atoms with Crippen molar-refractivity contribution in [1.29, 1.82) is 0 Å². The van der Waals surface area contributed by atoms with Crippen molar-refractivity contribution in [3.8, 4) is 11.1 Å². The lowest BCUT2D eigenvalue weighted by Gasteiger charge is -2.37. The Bertz CT molecular complexity index is 1020. The lowest BCUT2D eigenvalue weighted by atomic mass is 9.86. The molecule has 1 fully saturated rings. The number of benzene rings is 2. The van der Waals surface area contributed by atoms with Crippen LogP contribution in [0.5, 0.6) is 0 Å². The SMILES string of the molecule is CC(CC(=O)O)NC(=O)CC1(NC(=O)OCC2c3ccccc3-c3ccccc32)CCOCC1. The highest BCUT2D eigenvalue weighted by molar-refractivity contribution is 5.80. The van der Waals surface area contributed by atoms with E-state index in [1.54, 1.807) is 6.92 Å². The van der Waals surface area contributed by atoms with Gasteiger partial charge in [-0.15, -0.1) is 0 Å². The van der Waals surface area contributed by atoms with Gasteiger partial charge in [0.05, 0.1) is 12.0 Å². The van der Waals surface area contributed by atoms with Crippen molar-refractivity contribution in [2.24, 2.45) is 0 Å². The molecule has 0 saturated carbocycles. The van der Waals surface area contributed by atoms with Crippen molar-refractivity contribution in [2.45, 2.75) is 50.1 Å². The van der Waals surface area contributed by atoms with Crippen LogP contribution in [0.15, 0.2) is 48.5 Å². The van der Waals surface area contributed by atoms with E-state index >= 15 is 0 Å². The van der Waals surface area contributed by atoms with Crippen molar-refractivity contribution >= 4 is 18.0 Å². The zero-order valence-electron chi connectivity index (χ0n) is 19.2. The number of aliphatic carboxylic acids is 1. The maximum Gasteiger partial charge on any atom is 0.407 e. The number of hydrogen-bond acceptors (Lipinski definition) is 5. The zero-order valence-corrected chi connectivity index (χ0v) is 19.2. The van der Waals surface area contributed by atoms with Gasteiger partial charge < -0.3 is 25.2 Å². The summed E-state index contributed by atoms with van der Waals surface area (Å²) >= 11 is 0. The number of nitrogens with one attached hydrogen (secondary N) is 2. The molecule has 4 rings (SSSR count). The number of fused-ring (bicyclic) bond motifs is 3. The van der Waals surface area contributed by atoms with Gasteiger partial charge in [0, 0.05) is 31.6 Å². The van der Waals surface area contributed by atoms with Gasteiger partial charge in [-0.2, -0.15) is 0 Å². The van der Waals surface area contributed by atoms with Crippen molar-refractivity contribution < 1.29 is 29.0 Å². The molecule has 3 N–H and O–H groups in total. The fourth-order valence-electron chi connectivity index (χ4n) is 4.91. The molecule has 0 radical (unpaired) electrons. The molecule has 8 nitrogen and oxygen atoms in total. The number of carbonyl (C=O) groups is 3. The molecule has 1 atom stereocenters. The van der Waals surface area contributed by atoms with E-state index in [1.807, 2.05) is 24.3 Å². The molecule has 2 aromatic carbocycles. The summed E-state index contributed by atoms with van der Waals surface area (Å²) in [6.07, 6.45) is 0.234. The molecule has 1 heterocycles. The van der Waals surface area contributed by atoms with Gasteiger partial charge in [0.2, 0.25) is 5.91 Å². The zero-order chi connectivity index (χ0) is 24.1. The molecule has 0 aromatic heterocycles. The highest BCUT2D eigenvalue weighted by Crippen LogP contribution is 2.44. The van der Waals surface area contributed by atoms with Crippen LogP contribution in [0, 0.1) is 0 Å². The lowest BCUT2D eigenvalue weighted by Crippen LogP contribution is -2.55. The maximum absolute atomic E-state index is 12.9. The first kappa shape index (κ1) is 23.8. The van der Waals surface area contributed by atoms with Crippen LogP contribution in [-0.2, 0) is 19.1 Å². The first-order valence-electron chi connectivity index (χ1n) is 11.6. The summed E-state index contributed by atoms with van der Waals surface area (Å²) < 4.78 is 11.1. The van der Waals surface area contributed by atoms with Crippen LogP contribution < -0.4 is 10.6 Å². The molecule has 1 saturated heterocycles. The molecule has 1 aliphatic carbocycles. The average Bonchev–Trinajstić information content (AvgIpc) is 3.11. The van der Waals surface area contributed by atoms with Crippen LogP contribution in [0.4, 0.5) is 4.79 Å². The van der Waals surface area contributed by atoms with E-state index in [4.69, 9.17) is 14.6 Å². The van der Waals surface area contributed by atoms with Crippen molar-refractivity contribution in [1.82, 2.24) is 10.6 Å². The number of alkyl carbamates (subject to hydrolysis) is 1. The average molecular weight is 467 g/mol. The highest BCUT2D eigenvalue weighted by atomic mass is 16.5. The predicted molar refractivity (Wildman–Crippen MR) is 125 cm³/mol. The maximum atomic E-state index is 12.9. The van der Waals surface area contributed by atoms with Crippen LogP contribution in [-0.4, -0.2) is 54.5 Å². The topological polar surface area (TPSA) is 114 Å². The number of carbonyl (C=O) groups excluding carboxylic acids is 2. The van der Waals surface area contributed by atoms with Gasteiger partial charge >= 0.3 is 12.1 Å². The minimum absolute atomic E-state index is 0.0323. The summed E-state index contributed by atoms with van der Waals surface area (Å²) in [7, 11) is 0. The normalized spacial score (nSPS) is 17.2. The van der Waals surface area contributed by atoms with Crippen LogP contribution in [0.2, 0.25) is 0 Å². The Morgan fingerprint density at radius 1 is 1.06 bits per heavy atom. The van der Waals surface area contributed by atoms with E-state index in [0.29, 0.717) is 26.1 Å². The Labute approximate surface area is 198 Å². The minimum Gasteiger partial charge on any atom is -0.481 e. The summed E-state index contributed by atoms with van der Waals surface area (Å²) in [5.74, 6) is -1.34. The van der Waals surface area contributed by atoms with Gasteiger partial charge in [-0.25, -0.2) is 4.79 Å². The van der Waals surface area contributed by atoms with Gasteiger partial charge in [-0.1, -0.05) is 48.5 Å². The molecule has 2 aromatic rings. The van der Waals surface area contributed by atoms with Crippen molar-refractivity contribution in [2.75, 3.05) is 19.8 Å². The van der Waals surface area contributed by atoms with E-state index in [-0.39, 0.29) is 31.3 Å². The molecule has 180 valence electrons. The molecule has 0 spiro atoms. The number of ether oxygens (including phenoxy) is 2. The third-order valence-electron chi connectivity index (χ3n) is 6.55. The third kappa shape index (κ3) is 5.39. The lowest BCUT2D eigenvalue weighted by molar-refractivity contribution is -0.137. The molecule has 2 amide bonds. The van der Waals surface area contributed by atoms with E-state index in [0.717, 1.165) is 22.3 Å². The van der Waals surface area contributed by atoms with E-state index in [1.165, 1.54) is 0 Å². The largest absolute Gasteiger partial charge is 0.481 e. The fraction of sp³-hybridized carbons (Fsp3) is 0.423. The van der Waals surface area contributed by atoms with Gasteiger partial charge in [-0.3, -0.25) is 9.59 Å². The van der Waals surface area contributed by atoms with Crippen LogP contribution in [0.3, 0.4) is 0 Å². The third-order valence-corrected chi connectivity index (χ3v) is 6.55. The molecule has 0 bridgehead atoms.